The van der Waals surface area contributed by atoms with Gasteiger partial charge in [-0.3, -0.25) is 4.79 Å². The van der Waals surface area contributed by atoms with Gasteiger partial charge in [0.25, 0.3) is 0 Å². The number of carbonyl (C=O) groups excluding carboxylic acids is 1. The van der Waals surface area contributed by atoms with Crippen molar-refractivity contribution in [3.8, 4) is 5.69 Å². The number of thiazole rings is 1. The monoisotopic (exact) mass is 474 g/mol. The number of aryl methyl sites for hydroxylation is 2. The molecule has 142 valence electrons. The molecule has 0 aliphatic rings. The molecule has 0 saturated carbocycles. The summed E-state index contributed by atoms with van der Waals surface area (Å²) in [6.07, 6.45) is 0. The molecule has 0 spiro atoms. The predicted octanol–water partition coefficient (Wildman–Crippen LogP) is 4.38. The third kappa shape index (κ3) is 4.08. The topological polar surface area (TPSA) is 85.6 Å². The number of fused-ring (bicyclic) bond motifs is 1. The molecule has 28 heavy (non-hydrogen) atoms. The second-order valence-corrected chi connectivity index (χ2v) is 9.00. The van der Waals surface area contributed by atoms with Crippen molar-refractivity contribution in [3.05, 3.63) is 52.0 Å². The summed E-state index contributed by atoms with van der Waals surface area (Å²) in [5.41, 5.74) is 4.08. The third-order valence-corrected chi connectivity index (χ3v) is 6.45. The molecule has 1 amide bonds. The summed E-state index contributed by atoms with van der Waals surface area (Å²) >= 11 is 6.16. The van der Waals surface area contributed by atoms with E-state index in [1.807, 2.05) is 43.3 Å². The summed E-state index contributed by atoms with van der Waals surface area (Å²) in [6.45, 7) is 4.10. The van der Waals surface area contributed by atoms with Crippen LogP contribution in [-0.4, -0.2) is 36.9 Å². The van der Waals surface area contributed by atoms with E-state index >= 15 is 0 Å². The number of nitrogens with zero attached hydrogens (tertiary/aromatic N) is 5. The van der Waals surface area contributed by atoms with E-state index in [-0.39, 0.29) is 11.7 Å². The van der Waals surface area contributed by atoms with Crippen LogP contribution in [0.2, 0.25) is 0 Å². The first kappa shape index (κ1) is 19.0. The van der Waals surface area contributed by atoms with Crippen LogP contribution in [0.5, 0.6) is 0 Å². The standard InChI is InChI=1S/C18H15BrN6OS2/c1-10-3-5-13(7-11(10)2)25-18(22-23-24-25)27-9-16(26)21-17-20-14-6-4-12(19)8-15(14)28-17/h3-8H,9H2,1-2H3,(H,20,21,26). The number of amides is 1. The van der Waals surface area contributed by atoms with E-state index in [4.69, 9.17) is 0 Å². The van der Waals surface area contributed by atoms with Gasteiger partial charge in [-0.1, -0.05) is 45.1 Å². The maximum absolute atomic E-state index is 12.3. The van der Waals surface area contributed by atoms with Crippen LogP contribution >= 0.6 is 39.0 Å². The highest BCUT2D eigenvalue weighted by Crippen LogP contribution is 2.28. The second kappa shape index (κ2) is 7.98. The molecule has 2 heterocycles. The van der Waals surface area contributed by atoms with Gasteiger partial charge >= 0.3 is 0 Å². The van der Waals surface area contributed by atoms with Gasteiger partial charge in [-0.2, -0.15) is 4.68 Å². The maximum Gasteiger partial charge on any atom is 0.236 e. The molecule has 1 N–H and O–H groups in total. The fourth-order valence-electron chi connectivity index (χ4n) is 2.53. The van der Waals surface area contributed by atoms with Crippen molar-refractivity contribution < 1.29 is 4.79 Å². The first-order valence-electron chi connectivity index (χ1n) is 8.34. The largest absolute Gasteiger partial charge is 0.301 e. The Morgan fingerprint density at radius 2 is 2.07 bits per heavy atom. The van der Waals surface area contributed by atoms with Crippen molar-refractivity contribution in [2.75, 3.05) is 11.1 Å². The van der Waals surface area contributed by atoms with Crippen molar-refractivity contribution in [2.24, 2.45) is 0 Å². The molecule has 0 fully saturated rings. The quantitative estimate of drug-likeness (QED) is 0.431. The van der Waals surface area contributed by atoms with Gasteiger partial charge < -0.3 is 5.32 Å². The minimum atomic E-state index is -0.155. The molecular weight excluding hydrogens is 460 g/mol. The molecule has 4 aromatic rings. The Bertz CT molecular complexity index is 1170. The SMILES string of the molecule is Cc1ccc(-n2nnnc2SCC(=O)Nc2nc3ccc(Br)cc3s2)cc1C. The van der Waals surface area contributed by atoms with Gasteiger partial charge in [0.1, 0.15) is 0 Å². The zero-order valence-electron chi connectivity index (χ0n) is 15.0. The number of anilines is 1. The van der Waals surface area contributed by atoms with Crippen LogP contribution in [0.15, 0.2) is 46.0 Å². The normalized spacial score (nSPS) is 11.1. The van der Waals surface area contributed by atoms with Gasteiger partial charge in [0.05, 0.1) is 21.7 Å². The number of hydrogen-bond acceptors (Lipinski definition) is 7. The van der Waals surface area contributed by atoms with Crippen molar-refractivity contribution in [2.45, 2.75) is 19.0 Å². The fraction of sp³-hybridized carbons (Fsp3) is 0.167. The Kier molecular flexibility index (Phi) is 5.42. The molecule has 7 nitrogen and oxygen atoms in total. The van der Waals surface area contributed by atoms with Gasteiger partial charge in [0, 0.05) is 4.47 Å². The maximum atomic E-state index is 12.3. The Labute approximate surface area is 177 Å². The van der Waals surface area contributed by atoms with Crippen LogP contribution in [-0.2, 0) is 4.79 Å². The molecule has 0 bridgehead atoms. The number of benzene rings is 2. The Balaban J connectivity index is 1.43. The lowest BCUT2D eigenvalue weighted by molar-refractivity contribution is -0.113. The highest BCUT2D eigenvalue weighted by molar-refractivity contribution is 9.10. The van der Waals surface area contributed by atoms with E-state index in [2.05, 4.69) is 48.7 Å². The molecular formula is C18H15BrN6OS2. The molecule has 10 heteroatoms. The summed E-state index contributed by atoms with van der Waals surface area (Å²) in [4.78, 5) is 16.8. The van der Waals surface area contributed by atoms with Gasteiger partial charge in [0.2, 0.25) is 11.1 Å². The predicted molar refractivity (Wildman–Crippen MR) is 115 cm³/mol. The fourth-order valence-corrected chi connectivity index (χ4v) is 4.65. The Morgan fingerprint density at radius 3 is 2.89 bits per heavy atom. The summed E-state index contributed by atoms with van der Waals surface area (Å²) in [7, 11) is 0. The number of thioether (sulfide) groups is 1. The van der Waals surface area contributed by atoms with Crippen LogP contribution in [0.4, 0.5) is 5.13 Å². The van der Waals surface area contributed by atoms with Crippen LogP contribution in [0, 0.1) is 13.8 Å². The van der Waals surface area contributed by atoms with Crippen LogP contribution in [0.3, 0.4) is 0 Å². The minimum absolute atomic E-state index is 0.155. The van der Waals surface area contributed by atoms with Crippen LogP contribution < -0.4 is 5.32 Å². The third-order valence-electron chi connectivity index (χ3n) is 4.11. The van der Waals surface area contributed by atoms with Gasteiger partial charge in [-0.15, -0.1) is 5.10 Å². The molecule has 2 aromatic carbocycles. The number of carbonyl (C=O) groups is 1. The minimum Gasteiger partial charge on any atom is -0.301 e. The van der Waals surface area contributed by atoms with E-state index in [0.717, 1.165) is 25.9 Å². The lowest BCUT2D eigenvalue weighted by Gasteiger charge is -2.06. The molecule has 2 aromatic heterocycles. The average Bonchev–Trinajstić information content (AvgIpc) is 3.28. The Hall–Kier alpha value is -2.30. The number of halogens is 1. The summed E-state index contributed by atoms with van der Waals surface area (Å²) in [5, 5.41) is 15.8. The van der Waals surface area contributed by atoms with Gasteiger partial charge in [-0.05, 0) is 65.7 Å². The van der Waals surface area contributed by atoms with Crippen molar-refractivity contribution in [1.29, 1.82) is 0 Å². The number of rotatable bonds is 5. The molecule has 0 radical (unpaired) electrons. The van der Waals surface area contributed by atoms with E-state index in [1.165, 1.54) is 28.7 Å². The highest BCUT2D eigenvalue weighted by Gasteiger charge is 2.13. The first-order valence-corrected chi connectivity index (χ1v) is 10.9. The lowest BCUT2D eigenvalue weighted by Crippen LogP contribution is -2.14. The highest BCUT2D eigenvalue weighted by atomic mass is 79.9. The summed E-state index contributed by atoms with van der Waals surface area (Å²) in [6, 6.07) is 11.8. The van der Waals surface area contributed by atoms with E-state index < -0.39 is 0 Å². The molecule has 0 aliphatic heterocycles. The molecule has 4 rings (SSSR count). The number of nitrogens with one attached hydrogen (secondary N) is 1. The number of tetrazole rings is 1. The Morgan fingerprint density at radius 1 is 1.21 bits per heavy atom. The first-order chi connectivity index (χ1) is 13.5. The van der Waals surface area contributed by atoms with Gasteiger partial charge in [0.15, 0.2) is 5.13 Å². The molecule has 0 unspecified atom stereocenters. The summed E-state index contributed by atoms with van der Waals surface area (Å²) < 4.78 is 3.63. The smallest absolute Gasteiger partial charge is 0.236 e. The van der Waals surface area contributed by atoms with Gasteiger partial charge in [-0.25, -0.2) is 4.98 Å². The molecule has 0 aliphatic carbocycles. The van der Waals surface area contributed by atoms with E-state index in [0.29, 0.717) is 10.3 Å². The van der Waals surface area contributed by atoms with Crippen LogP contribution in [0.1, 0.15) is 11.1 Å². The zero-order chi connectivity index (χ0) is 19.7. The van der Waals surface area contributed by atoms with E-state index in [9.17, 15) is 4.79 Å². The van der Waals surface area contributed by atoms with Crippen molar-refractivity contribution in [3.63, 3.8) is 0 Å². The summed E-state index contributed by atoms with van der Waals surface area (Å²) in [5.74, 6) is 0.0305. The molecule has 0 saturated heterocycles. The second-order valence-electron chi connectivity index (χ2n) is 6.11. The van der Waals surface area contributed by atoms with Crippen LogP contribution in [0.25, 0.3) is 15.9 Å². The van der Waals surface area contributed by atoms with Crippen molar-refractivity contribution in [1.82, 2.24) is 25.2 Å². The average molecular weight is 475 g/mol. The lowest BCUT2D eigenvalue weighted by atomic mass is 10.1. The molecule has 0 atom stereocenters. The number of hydrogen-bond donors (Lipinski definition) is 1. The van der Waals surface area contributed by atoms with Crippen molar-refractivity contribution >= 4 is 60.3 Å². The number of aromatic nitrogens is 5. The zero-order valence-corrected chi connectivity index (χ0v) is 18.2. The van der Waals surface area contributed by atoms with E-state index in [1.54, 1.807) is 4.68 Å².